The summed E-state index contributed by atoms with van der Waals surface area (Å²) in [6.07, 6.45) is 4.49. The molecule has 2 atom stereocenters. The molecule has 0 aromatic heterocycles. The SMILES string of the molecule is CC(=Cc1ccccc1)C1CC1N(C(=O)O)C1CCN(CCC(=O)N(C)C)CC1. The molecule has 1 aromatic carbocycles. The molecule has 2 fully saturated rings. The molecule has 158 valence electrons. The van der Waals surface area contributed by atoms with Crippen LogP contribution in [0.4, 0.5) is 4.79 Å². The minimum absolute atomic E-state index is 0.0767. The number of hydrogen-bond donors (Lipinski definition) is 1. The molecule has 1 heterocycles. The Kier molecular flexibility index (Phi) is 6.96. The molecule has 6 heteroatoms. The summed E-state index contributed by atoms with van der Waals surface area (Å²) in [6, 6.07) is 10.4. The van der Waals surface area contributed by atoms with Gasteiger partial charge < -0.3 is 19.8 Å². The number of hydrogen-bond acceptors (Lipinski definition) is 3. The van der Waals surface area contributed by atoms with E-state index in [-0.39, 0.29) is 18.0 Å². The van der Waals surface area contributed by atoms with Crippen molar-refractivity contribution >= 4 is 18.1 Å². The summed E-state index contributed by atoms with van der Waals surface area (Å²) in [5.41, 5.74) is 2.42. The predicted octanol–water partition coefficient (Wildman–Crippen LogP) is 3.40. The summed E-state index contributed by atoms with van der Waals surface area (Å²) in [4.78, 5) is 29.4. The highest BCUT2D eigenvalue weighted by Crippen LogP contribution is 2.44. The largest absolute Gasteiger partial charge is 0.465 e. The molecule has 0 radical (unpaired) electrons. The first-order chi connectivity index (χ1) is 13.9. The van der Waals surface area contributed by atoms with Gasteiger partial charge in [0.1, 0.15) is 0 Å². The van der Waals surface area contributed by atoms with E-state index in [0.717, 1.165) is 44.5 Å². The lowest BCUT2D eigenvalue weighted by Crippen LogP contribution is -2.48. The number of carbonyl (C=O) groups is 2. The van der Waals surface area contributed by atoms with Crippen molar-refractivity contribution in [2.45, 2.75) is 44.7 Å². The zero-order valence-corrected chi connectivity index (χ0v) is 17.8. The molecule has 3 rings (SSSR count). The van der Waals surface area contributed by atoms with Crippen molar-refractivity contribution in [3.05, 3.63) is 41.5 Å². The van der Waals surface area contributed by atoms with Crippen LogP contribution in [0.1, 0.15) is 38.2 Å². The number of likely N-dealkylation sites (tertiary alicyclic amines) is 1. The van der Waals surface area contributed by atoms with Crippen LogP contribution in [0.3, 0.4) is 0 Å². The number of benzene rings is 1. The Balaban J connectivity index is 1.53. The first-order valence-corrected chi connectivity index (χ1v) is 10.5. The second kappa shape index (κ2) is 9.44. The fourth-order valence-corrected chi connectivity index (χ4v) is 4.36. The topological polar surface area (TPSA) is 64.1 Å². The van der Waals surface area contributed by atoms with Gasteiger partial charge in [0.05, 0.1) is 0 Å². The van der Waals surface area contributed by atoms with E-state index in [0.29, 0.717) is 12.3 Å². The van der Waals surface area contributed by atoms with E-state index in [1.807, 2.05) is 18.2 Å². The fourth-order valence-electron chi connectivity index (χ4n) is 4.36. The lowest BCUT2D eigenvalue weighted by atomic mass is 10.0. The molecule has 1 saturated heterocycles. The molecule has 2 unspecified atom stereocenters. The van der Waals surface area contributed by atoms with Crippen LogP contribution < -0.4 is 0 Å². The van der Waals surface area contributed by atoms with Gasteiger partial charge in [-0.05, 0) is 31.7 Å². The van der Waals surface area contributed by atoms with Crippen molar-refractivity contribution < 1.29 is 14.7 Å². The zero-order valence-electron chi connectivity index (χ0n) is 17.8. The predicted molar refractivity (Wildman–Crippen MR) is 115 cm³/mol. The second-order valence-electron chi connectivity index (χ2n) is 8.51. The number of piperidine rings is 1. The standard InChI is InChI=1S/C23H33N3O3/c1-17(15-18-7-5-4-6-8-18)20-16-21(20)26(23(28)29)19-9-12-25(13-10-19)14-11-22(27)24(2)3/h4-8,15,19-21H,9-14,16H2,1-3H3,(H,28,29). The Morgan fingerprint density at radius 1 is 1.17 bits per heavy atom. The minimum atomic E-state index is -0.800. The summed E-state index contributed by atoms with van der Waals surface area (Å²) in [5.74, 6) is 0.461. The fraction of sp³-hybridized carbons (Fsp3) is 0.565. The van der Waals surface area contributed by atoms with Crippen molar-refractivity contribution in [3.8, 4) is 0 Å². The highest BCUT2D eigenvalue weighted by atomic mass is 16.4. The lowest BCUT2D eigenvalue weighted by Gasteiger charge is -2.37. The minimum Gasteiger partial charge on any atom is -0.465 e. The lowest BCUT2D eigenvalue weighted by molar-refractivity contribution is -0.129. The van der Waals surface area contributed by atoms with Crippen LogP contribution in [0.2, 0.25) is 0 Å². The summed E-state index contributed by atoms with van der Waals surface area (Å²) in [6.45, 7) is 4.57. The van der Waals surface area contributed by atoms with E-state index in [1.165, 1.54) is 5.57 Å². The number of amides is 2. The zero-order chi connectivity index (χ0) is 21.0. The third-order valence-electron chi connectivity index (χ3n) is 6.20. The molecule has 1 aliphatic carbocycles. The van der Waals surface area contributed by atoms with Crippen LogP contribution in [0.25, 0.3) is 6.08 Å². The van der Waals surface area contributed by atoms with E-state index in [1.54, 1.807) is 23.9 Å². The van der Waals surface area contributed by atoms with E-state index in [4.69, 9.17) is 0 Å². The average molecular weight is 400 g/mol. The first-order valence-electron chi connectivity index (χ1n) is 10.5. The Labute approximate surface area is 173 Å². The Hall–Kier alpha value is -2.34. The van der Waals surface area contributed by atoms with Gasteiger partial charge in [-0.3, -0.25) is 4.79 Å². The summed E-state index contributed by atoms with van der Waals surface area (Å²) >= 11 is 0. The summed E-state index contributed by atoms with van der Waals surface area (Å²) in [5, 5.41) is 9.87. The van der Waals surface area contributed by atoms with E-state index >= 15 is 0 Å². The van der Waals surface area contributed by atoms with Gasteiger partial charge in [-0.1, -0.05) is 42.0 Å². The maximum absolute atomic E-state index is 12.0. The molecule has 29 heavy (non-hydrogen) atoms. The van der Waals surface area contributed by atoms with Gasteiger partial charge in [0.15, 0.2) is 0 Å². The maximum Gasteiger partial charge on any atom is 0.407 e. The number of carboxylic acid groups (broad SMARTS) is 1. The molecule has 1 saturated carbocycles. The molecular weight excluding hydrogens is 366 g/mol. The Morgan fingerprint density at radius 2 is 1.83 bits per heavy atom. The van der Waals surface area contributed by atoms with Crippen LogP contribution in [0.15, 0.2) is 35.9 Å². The van der Waals surface area contributed by atoms with Gasteiger partial charge in [-0.15, -0.1) is 0 Å². The van der Waals surface area contributed by atoms with Crippen molar-refractivity contribution in [2.24, 2.45) is 5.92 Å². The van der Waals surface area contributed by atoms with Gasteiger partial charge in [0, 0.05) is 58.2 Å². The quantitative estimate of drug-likeness (QED) is 0.763. The molecule has 1 aromatic rings. The molecule has 0 bridgehead atoms. The molecule has 0 spiro atoms. The monoisotopic (exact) mass is 399 g/mol. The Bertz CT molecular complexity index is 739. The van der Waals surface area contributed by atoms with E-state index in [2.05, 4.69) is 30.0 Å². The van der Waals surface area contributed by atoms with E-state index in [9.17, 15) is 14.7 Å². The van der Waals surface area contributed by atoms with Crippen LogP contribution in [-0.2, 0) is 4.79 Å². The van der Waals surface area contributed by atoms with Gasteiger partial charge in [0.25, 0.3) is 0 Å². The molecule has 2 amide bonds. The Morgan fingerprint density at radius 3 is 2.41 bits per heavy atom. The highest BCUT2D eigenvalue weighted by molar-refractivity contribution is 5.75. The van der Waals surface area contributed by atoms with Gasteiger partial charge in [-0.2, -0.15) is 0 Å². The average Bonchev–Trinajstić information content (AvgIpc) is 3.48. The number of nitrogens with zero attached hydrogens (tertiary/aromatic N) is 3. The molecule has 6 nitrogen and oxygen atoms in total. The number of carbonyl (C=O) groups excluding carboxylic acids is 1. The van der Waals surface area contributed by atoms with Crippen molar-refractivity contribution in [3.63, 3.8) is 0 Å². The second-order valence-corrected chi connectivity index (χ2v) is 8.51. The van der Waals surface area contributed by atoms with Gasteiger partial charge >= 0.3 is 6.09 Å². The summed E-state index contributed by atoms with van der Waals surface area (Å²) in [7, 11) is 3.55. The van der Waals surface area contributed by atoms with Crippen LogP contribution in [0, 0.1) is 5.92 Å². The van der Waals surface area contributed by atoms with Crippen LogP contribution in [-0.4, -0.2) is 77.6 Å². The van der Waals surface area contributed by atoms with Gasteiger partial charge in [-0.25, -0.2) is 4.79 Å². The third-order valence-corrected chi connectivity index (χ3v) is 6.20. The van der Waals surface area contributed by atoms with Crippen LogP contribution >= 0.6 is 0 Å². The van der Waals surface area contributed by atoms with Crippen LogP contribution in [0.5, 0.6) is 0 Å². The summed E-state index contributed by atoms with van der Waals surface area (Å²) < 4.78 is 0. The normalized spacial score (nSPS) is 22.9. The van der Waals surface area contributed by atoms with Gasteiger partial charge in [0.2, 0.25) is 5.91 Å². The first kappa shape index (κ1) is 21.4. The molecule has 2 aliphatic rings. The van der Waals surface area contributed by atoms with Crippen molar-refractivity contribution in [1.29, 1.82) is 0 Å². The maximum atomic E-state index is 12.0. The number of rotatable bonds is 7. The van der Waals surface area contributed by atoms with Crippen molar-refractivity contribution in [1.82, 2.24) is 14.7 Å². The van der Waals surface area contributed by atoms with E-state index < -0.39 is 6.09 Å². The molecular formula is C23H33N3O3. The van der Waals surface area contributed by atoms with Crippen molar-refractivity contribution in [2.75, 3.05) is 33.7 Å². The highest BCUT2D eigenvalue weighted by Gasteiger charge is 2.47. The molecule has 1 N–H and O–H groups in total. The smallest absolute Gasteiger partial charge is 0.407 e. The molecule has 1 aliphatic heterocycles. The third kappa shape index (κ3) is 5.60.